The highest BCUT2D eigenvalue weighted by Crippen LogP contribution is 2.33. The minimum atomic E-state index is 0.910. The van der Waals surface area contributed by atoms with E-state index in [1.54, 1.807) is 0 Å². The van der Waals surface area contributed by atoms with Crippen LogP contribution in [0.3, 0.4) is 0 Å². The number of hydrogen-bond donors (Lipinski definition) is 1. The molecule has 0 radical (unpaired) electrons. The van der Waals surface area contributed by atoms with Crippen LogP contribution in [0.5, 0.6) is 0 Å². The quantitative estimate of drug-likeness (QED) is 0.840. The standard InChI is InChI=1S/C15H16N4/c1-2-4-14-11(3-1)6-8-19(14)15-9-12-10-16-7-5-13(12)17-18-15/h1-4,9,16H,5-8,10H2. The molecule has 1 aromatic carbocycles. The minimum absolute atomic E-state index is 0.910. The first-order valence-electron chi connectivity index (χ1n) is 6.83. The summed E-state index contributed by atoms with van der Waals surface area (Å²) in [6.45, 7) is 2.92. The van der Waals surface area contributed by atoms with E-state index in [0.717, 1.165) is 44.0 Å². The predicted octanol–water partition coefficient (Wildman–Crippen LogP) is 1.82. The molecule has 0 spiro atoms. The summed E-state index contributed by atoms with van der Waals surface area (Å²) in [6, 6.07) is 10.7. The van der Waals surface area contributed by atoms with Crippen LogP contribution in [-0.4, -0.2) is 23.3 Å². The molecule has 0 bridgehead atoms. The molecule has 4 rings (SSSR count). The minimum Gasteiger partial charge on any atom is -0.324 e. The first kappa shape index (κ1) is 10.9. The second kappa shape index (κ2) is 4.31. The highest BCUT2D eigenvalue weighted by Gasteiger charge is 2.22. The van der Waals surface area contributed by atoms with Crippen molar-refractivity contribution in [3.63, 3.8) is 0 Å². The Labute approximate surface area is 112 Å². The molecule has 2 aliphatic rings. The molecule has 3 heterocycles. The summed E-state index contributed by atoms with van der Waals surface area (Å²) < 4.78 is 0. The number of aromatic nitrogens is 2. The van der Waals surface area contributed by atoms with Gasteiger partial charge in [0.05, 0.1) is 5.69 Å². The molecule has 1 N–H and O–H groups in total. The van der Waals surface area contributed by atoms with Gasteiger partial charge in [-0.3, -0.25) is 0 Å². The monoisotopic (exact) mass is 252 g/mol. The van der Waals surface area contributed by atoms with Gasteiger partial charge < -0.3 is 10.2 Å². The number of para-hydroxylation sites is 1. The number of fused-ring (bicyclic) bond motifs is 2. The van der Waals surface area contributed by atoms with Crippen molar-refractivity contribution in [3.05, 3.63) is 47.2 Å². The topological polar surface area (TPSA) is 41.1 Å². The summed E-state index contributed by atoms with van der Waals surface area (Å²) in [5.74, 6) is 0.979. The van der Waals surface area contributed by atoms with E-state index >= 15 is 0 Å². The third-order valence-electron chi connectivity index (χ3n) is 3.96. The first-order valence-corrected chi connectivity index (χ1v) is 6.83. The fourth-order valence-corrected chi connectivity index (χ4v) is 2.95. The summed E-state index contributed by atoms with van der Waals surface area (Å²) in [4.78, 5) is 2.28. The van der Waals surface area contributed by atoms with Gasteiger partial charge in [0.1, 0.15) is 0 Å². The number of anilines is 2. The van der Waals surface area contributed by atoms with E-state index in [0.29, 0.717) is 0 Å². The Bertz CT molecular complexity index is 623. The van der Waals surface area contributed by atoms with Gasteiger partial charge in [-0.1, -0.05) is 18.2 Å². The molecular weight excluding hydrogens is 236 g/mol. The maximum atomic E-state index is 4.42. The van der Waals surface area contributed by atoms with E-state index < -0.39 is 0 Å². The van der Waals surface area contributed by atoms with E-state index in [9.17, 15) is 0 Å². The van der Waals surface area contributed by atoms with Gasteiger partial charge in [0.25, 0.3) is 0 Å². The van der Waals surface area contributed by atoms with Crippen molar-refractivity contribution in [3.8, 4) is 0 Å². The van der Waals surface area contributed by atoms with E-state index in [1.165, 1.54) is 16.8 Å². The average Bonchev–Trinajstić information content (AvgIpc) is 2.91. The van der Waals surface area contributed by atoms with Crippen LogP contribution in [0.15, 0.2) is 30.3 Å². The Morgan fingerprint density at radius 1 is 1.05 bits per heavy atom. The SMILES string of the molecule is c1ccc2c(c1)CCN2c1cc2c(nn1)CCNC2. The lowest BCUT2D eigenvalue weighted by Crippen LogP contribution is -2.26. The lowest BCUT2D eigenvalue weighted by atomic mass is 10.1. The van der Waals surface area contributed by atoms with Crippen molar-refractivity contribution in [2.75, 3.05) is 18.0 Å². The molecule has 0 amide bonds. The van der Waals surface area contributed by atoms with Crippen LogP contribution in [0.2, 0.25) is 0 Å². The molecule has 0 unspecified atom stereocenters. The zero-order valence-corrected chi connectivity index (χ0v) is 10.8. The van der Waals surface area contributed by atoms with E-state index in [-0.39, 0.29) is 0 Å². The Morgan fingerprint density at radius 2 is 2.00 bits per heavy atom. The van der Waals surface area contributed by atoms with Crippen molar-refractivity contribution in [2.24, 2.45) is 0 Å². The van der Waals surface area contributed by atoms with Crippen LogP contribution < -0.4 is 10.2 Å². The molecule has 0 aliphatic carbocycles. The molecule has 4 nitrogen and oxygen atoms in total. The molecule has 2 aliphatic heterocycles. The molecule has 19 heavy (non-hydrogen) atoms. The molecule has 4 heteroatoms. The molecule has 0 saturated heterocycles. The summed E-state index contributed by atoms with van der Waals surface area (Å²) >= 11 is 0. The van der Waals surface area contributed by atoms with Gasteiger partial charge in [-0.2, -0.15) is 5.10 Å². The van der Waals surface area contributed by atoms with Gasteiger partial charge in [-0.25, -0.2) is 0 Å². The van der Waals surface area contributed by atoms with Crippen LogP contribution in [0.25, 0.3) is 0 Å². The van der Waals surface area contributed by atoms with Crippen molar-refractivity contribution in [1.29, 1.82) is 0 Å². The van der Waals surface area contributed by atoms with Gasteiger partial charge in [0, 0.05) is 31.7 Å². The molecule has 0 saturated carbocycles. The number of nitrogens with one attached hydrogen (secondary N) is 1. The third kappa shape index (κ3) is 1.79. The first-order chi connectivity index (χ1) is 9.42. The van der Waals surface area contributed by atoms with Crippen LogP contribution in [-0.2, 0) is 19.4 Å². The van der Waals surface area contributed by atoms with Gasteiger partial charge >= 0.3 is 0 Å². The lowest BCUT2D eigenvalue weighted by molar-refractivity contribution is 0.620. The zero-order chi connectivity index (χ0) is 12.7. The van der Waals surface area contributed by atoms with E-state index in [4.69, 9.17) is 0 Å². The van der Waals surface area contributed by atoms with E-state index in [1.807, 2.05) is 0 Å². The second-order valence-corrected chi connectivity index (χ2v) is 5.13. The van der Waals surface area contributed by atoms with Crippen LogP contribution in [0, 0.1) is 0 Å². The maximum Gasteiger partial charge on any atom is 0.156 e. The van der Waals surface area contributed by atoms with Gasteiger partial charge in [0.2, 0.25) is 0 Å². The average molecular weight is 252 g/mol. The molecule has 2 aromatic rings. The Balaban J connectivity index is 1.74. The molecule has 0 atom stereocenters. The van der Waals surface area contributed by atoms with Crippen LogP contribution in [0.1, 0.15) is 16.8 Å². The second-order valence-electron chi connectivity index (χ2n) is 5.13. The van der Waals surface area contributed by atoms with Crippen molar-refractivity contribution in [1.82, 2.24) is 15.5 Å². The molecule has 1 aromatic heterocycles. The predicted molar refractivity (Wildman–Crippen MR) is 74.6 cm³/mol. The Hall–Kier alpha value is -1.94. The Kier molecular flexibility index (Phi) is 2.48. The highest BCUT2D eigenvalue weighted by molar-refractivity contribution is 5.67. The fourth-order valence-electron chi connectivity index (χ4n) is 2.95. The third-order valence-corrected chi connectivity index (χ3v) is 3.96. The molecular formula is C15H16N4. The smallest absolute Gasteiger partial charge is 0.156 e. The van der Waals surface area contributed by atoms with Crippen LogP contribution in [0.4, 0.5) is 11.5 Å². The van der Waals surface area contributed by atoms with Crippen molar-refractivity contribution < 1.29 is 0 Å². The van der Waals surface area contributed by atoms with Crippen molar-refractivity contribution in [2.45, 2.75) is 19.4 Å². The van der Waals surface area contributed by atoms with Gasteiger partial charge in [0.15, 0.2) is 5.82 Å². The number of hydrogen-bond acceptors (Lipinski definition) is 4. The normalized spacial score (nSPS) is 17.2. The van der Waals surface area contributed by atoms with Crippen LogP contribution >= 0.6 is 0 Å². The number of rotatable bonds is 1. The lowest BCUT2D eigenvalue weighted by Gasteiger charge is -2.21. The van der Waals surface area contributed by atoms with Gasteiger partial charge in [-0.05, 0) is 29.7 Å². The molecule has 0 fully saturated rings. The maximum absolute atomic E-state index is 4.42. The zero-order valence-electron chi connectivity index (χ0n) is 10.8. The number of nitrogens with zero attached hydrogens (tertiary/aromatic N) is 3. The Morgan fingerprint density at radius 3 is 3.00 bits per heavy atom. The largest absolute Gasteiger partial charge is 0.324 e. The highest BCUT2D eigenvalue weighted by atomic mass is 15.3. The van der Waals surface area contributed by atoms with Gasteiger partial charge in [-0.15, -0.1) is 5.10 Å². The molecule has 96 valence electrons. The number of benzene rings is 1. The van der Waals surface area contributed by atoms with Crippen molar-refractivity contribution >= 4 is 11.5 Å². The summed E-state index contributed by atoms with van der Waals surface area (Å²) in [6.07, 6.45) is 2.08. The summed E-state index contributed by atoms with van der Waals surface area (Å²) in [5, 5.41) is 12.2. The summed E-state index contributed by atoms with van der Waals surface area (Å²) in [7, 11) is 0. The van der Waals surface area contributed by atoms with E-state index in [2.05, 4.69) is 50.7 Å². The summed E-state index contributed by atoms with van der Waals surface area (Å²) in [5.41, 5.74) is 5.12. The fraction of sp³-hybridized carbons (Fsp3) is 0.333.